The average Bonchev–Trinajstić information content (AvgIpc) is 2.61. The first kappa shape index (κ1) is 19.9. The van der Waals surface area contributed by atoms with Crippen molar-refractivity contribution in [2.75, 3.05) is 13.2 Å². The van der Waals surface area contributed by atoms with Crippen LogP contribution in [0.2, 0.25) is 0 Å². The van der Waals surface area contributed by atoms with Crippen molar-refractivity contribution in [3.63, 3.8) is 0 Å². The number of ether oxygens (including phenoxy) is 1. The molecule has 2 N–H and O–H groups in total. The Kier molecular flexibility index (Phi) is 7.11. The highest BCUT2D eigenvalue weighted by atomic mass is 32.2. The van der Waals surface area contributed by atoms with Gasteiger partial charge in [0.2, 0.25) is 15.9 Å². The fourth-order valence-electron chi connectivity index (χ4n) is 2.20. The monoisotopic (exact) mass is 380 g/mol. The van der Waals surface area contributed by atoms with Gasteiger partial charge in [0.1, 0.15) is 11.6 Å². The first-order chi connectivity index (χ1) is 12.4. The van der Waals surface area contributed by atoms with Gasteiger partial charge in [-0.15, -0.1) is 0 Å². The molecule has 8 heteroatoms. The molecule has 0 aliphatic carbocycles. The molecule has 0 fully saturated rings. The van der Waals surface area contributed by atoms with Crippen LogP contribution in [0.15, 0.2) is 53.4 Å². The smallest absolute Gasteiger partial charge is 0.240 e. The third-order valence-electron chi connectivity index (χ3n) is 3.47. The molecule has 0 aromatic heterocycles. The number of amides is 1. The Morgan fingerprint density at radius 3 is 2.54 bits per heavy atom. The molecule has 0 radical (unpaired) electrons. The fraction of sp³-hybridized carbons (Fsp3) is 0.278. The molecule has 2 rings (SSSR count). The van der Waals surface area contributed by atoms with E-state index in [4.69, 9.17) is 4.74 Å². The lowest BCUT2D eigenvalue weighted by Gasteiger charge is -2.09. The molecule has 140 valence electrons. The van der Waals surface area contributed by atoms with E-state index in [0.717, 1.165) is 0 Å². The molecule has 0 aliphatic heterocycles. The standard InChI is InChI=1S/C18H21FN2O4S/c1-2-25-16-6-8-17(9-7-16)26(23,24)21-11-10-18(22)20-13-14-4-3-5-15(19)12-14/h3-9,12,21H,2,10-11,13H2,1H3,(H,20,22). The maximum Gasteiger partial charge on any atom is 0.240 e. The highest BCUT2D eigenvalue weighted by Gasteiger charge is 2.14. The molecule has 2 aromatic rings. The van der Waals surface area contributed by atoms with E-state index in [1.54, 1.807) is 24.3 Å². The van der Waals surface area contributed by atoms with E-state index in [1.165, 1.54) is 24.3 Å². The van der Waals surface area contributed by atoms with E-state index in [0.29, 0.717) is 17.9 Å². The summed E-state index contributed by atoms with van der Waals surface area (Å²) < 4.78 is 45.0. The number of rotatable bonds is 9. The van der Waals surface area contributed by atoms with Crippen LogP contribution in [0.3, 0.4) is 0 Å². The van der Waals surface area contributed by atoms with Crippen molar-refractivity contribution in [3.05, 3.63) is 59.9 Å². The zero-order valence-corrected chi connectivity index (χ0v) is 15.2. The highest BCUT2D eigenvalue weighted by molar-refractivity contribution is 7.89. The lowest BCUT2D eigenvalue weighted by molar-refractivity contribution is -0.121. The van der Waals surface area contributed by atoms with Crippen molar-refractivity contribution in [1.82, 2.24) is 10.0 Å². The Balaban J connectivity index is 1.79. The van der Waals surface area contributed by atoms with Gasteiger partial charge in [0.15, 0.2) is 0 Å². The number of carbonyl (C=O) groups excluding carboxylic acids is 1. The summed E-state index contributed by atoms with van der Waals surface area (Å²) in [6, 6.07) is 11.9. The first-order valence-corrected chi connectivity index (χ1v) is 9.62. The summed E-state index contributed by atoms with van der Waals surface area (Å²) >= 11 is 0. The van der Waals surface area contributed by atoms with Crippen LogP contribution < -0.4 is 14.8 Å². The molecule has 0 unspecified atom stereocenters. The fourth-order valence-corrected chi connectivity index (χ4v) is 3.23. The van der Waals surface area contributed by atoms with Crippen LogP contribution in [0.4, 0.5) is 4.39 Å². The van der Waals surface area contributed by atoms with E-state index in [-0.39, 0.29) is 36.1 Å². The number of sulfonamides is 1. The third kappa shape index (κ3) is 6.12. The predicted octanol–water partition coefficient (Wildman–Crippen LogP) is 2.21. The molecular formula is C18H21FN2O4S. The van der Waals surface area contributed by atoms with Gasteiger partial charge in [0.25, 0.3) is 0 Å². The van der Waals surface area contributed by atoms with Gasteiger partial charge < -0.3 is 10.1 Å². The Morgan fingerprint density at radius 1 is 1.15 bits per heavy atom. The van der Waals surface area contributed by atoms with Crippen molar-refractivity contribution in [3.8, 4) is 5.75 Å². The summed E-state index contributed by atoms with van der Waals surface area (Å²) in [5.74, 6) is -0.119. The van der Waals surface area contributed by atoms with E-state index in [1.807, 2.05) is 6.92 Å². The van der Waals surface area contributed by atoms with Crippen LogP contribution in [-0.4, -0.2) is 27.5 Å². The van der Waals surface area contributed by atoms with Gasteiger partial charge in [-0.3, -0.25) is 4.79 Å². The molecule has 0 heterocycles. The number of carbonyl (C=O) groups is 1. The van der Waals surface area contributed by atoms with Crippen molar-refractivity contribution >= 4 is 15.9 Å². The van der Waals surface area contributed by atoms with Crippen LogP contribution in [0, 0.1) is 5.82 Å². The van der Waals surface area contributed by atoms with Gasteiger partial charge in [0.05, 0.1) is 11.5 Å². The van der Waals surface area contributed by atoms with E-state index in [2.05, 4.69) is 10.0 Å². The average molecular weight is 380 g/mol. The summed E-state index contributed by atoms with van der Waals surface area (Å²) in [5.41, 5.74) is 0.633. The number of benzene rings is 2. The van der Waals surface area contributed by atoms with Crippen LogP contribution in [0.25, 0.3) is 0 Å². The summed E-state index contributed by atoms with van der Waals surface area (Å²) in [7, 11) is -3.70. The lowest BCUT2D eigenvalue weighted by Crippen LogP contribution is -2.30. The third-order valence-corrected chi connectivity index (χ3v) is 4.94. The Morgan fingerprint density at radius 2 is 1.88 bits per heavy atom. The molecule has 2 aromatic carbocycles. The Labute approximate surface area is 152 Å². The summed E-state index contributed by atoms with van der Waals surface area (Å²) in [5, 5.41) is 2.62. The number of hydrogen-bond donors (Lipinski definition) is 2. The minimum atomic E-state index is -3.70. The molecule has 0 bridgehead atoms. The maximum atomic E-state index is 13.1. The van der Waals surface area contributed by atoms with Crippen molar-refractivity contribution in [2.24, 2.45) is 0 Å². The van der Waals surface area contributed by atoms with Crippen molar-refractivity contribution in [1.29, 1.82) is 0 Å². The van der Waals surface area contributed by atoms with Crippen molar-refractivity contribution < 1.29 is 22.3 Å². The summed E-state index contributed by atoms with van der Waals surface area (Å²) in [6.07, 6.45) is -0.0222. The topological polar surface area (TPSA) is 84.5 Å². The van der Waals surface area contributed by atoms with Gasteiger partial charge in [-0.05, 0) is 48.9 Å². The SMILES string of the molecule is CCOc1ccc(S(=O)(=O)NCCC(=O)NCc2cccc(F)c2)cc1. The number of hydrogen-bond acceptors (Lipinski definition) is 4. The molecule has 0 saturated carbocycles. The van der Waals surface area contributed by atoms with Crippen LogP contribution in [0.1, 0.15) is 18.9 Å². The van der Waals surface area contributed by atoms with E-state index in [9.17, 15) is 17.6 Å². The van der Waals surface area contributed by atoms with Gasteiger partial charge in [-0.2, -0.15) is 0 Å². The molecule has 0 spiro atoms. The van der Waals surface area contributed by atoms with Crippen LogP contribution >= 0.6 is 0 Å². The minimum Gasteiger partial charge on any atom is -0.494 e. The van der Waals surface area contributed by atoms with E-state index < -0.39 is 10.0 Å². The van der Waals surface area contributed by atoms with Gasteiger partial charge in [-0.25, -0.2) is 17.5 Å². The van der Waals surface area contributed by atoms with Crippen LogP contribution in [-0.2, 0) is 21.4 Å². The predicted molar refractivity (Wildman–Crippen MR) is 95.7 cm³/mol. The second-order valence-corrected chi connectivity index (χ2v) is 7.23. The minimum absolute atomic E-state index is 0.0222. The normalized spacial score (nSPS) is 11.2. The van der Waals surface area contributed by atoms with Gasteiger partial charge in [0, 0.05) is 19.5 Å². The lowest BCUT2D eigenvalue weighted by atomic mass is 10.2. The Hall–Kier alpha value is -2.45. The zero-order chi connectivity index (χ0) is 19.0. The highest BCUT2D eigenvalue weighted by Crippen LogP contribution is 2.15. The Bertz CT molecular complexity index is 839. The summed E-state index contributed by atoms with van der Waals surface area (Å²) in [4.78, 5) is 11.9. The second-order valence-electron chi connectivity index (χ2n) is 5.46. The molecule has 0 saturated heterocycles. The van der Waals surface area contributed by atoms with Gasteiger partial charge in [-0.1, -0.05) is 12.1 Å². The molecule has 0 aliphatic rings. The quantitative estimate of drug-likeness (QED) is 0.699. The maximum absolute atomic E-state index is 13.1. The van der Waals surface area contributed by atoms with Crippen molar-refractivity contribution in [2.45, 2.75) is 24.8 Å². The second kappa shape index (κ2) is 9.30. The molecule has 1 amide bonds. The number of nitrogens with one attached hydrogen (secondary N) is 2. The first-order valence-electron chi connectivity index (χ1n) is 8.14. The number of halogens is 1. The largest absolute Gasteiger partial charge is 0.494 e. The molecule has 26 heavy (non-hydrogen) atoms. The van der Waals surface area contributed by atoms with Crippen LogP contribution in [0.5, 0.6) is 5.75 Å². The van der Waals surface area contributed by atoms with E-state index >= 15 is 0 Å². The van der Waals surface area contributed by atoms with Gasteiger partial charge >= 0.3 is 0 Å². The molecule has 0 atom stereocenters. The summed E-state index contributed by atoms with van der Waals surface area (Å²) in [6.45, 7) is 2.48. The molecular weight excluding hydrogens is 359 g/mol. The molecule has 6 nitrogen and oxygen atoms in total. The zero-order valence-electron chi connectivity index (χ0n) is 14.4.